The maximum atomic E-state index is 12.5. The summed E-state index contributed by atoms with van der Waals surface area (Å²) in [4.78, 5) is 17.1. The predicted molar refractivity (Wildman–Crippen MR) is 78.9 cm³/mol. The second-order valence-corrected chi connectivity index (χ2v) is 6.43. The molecule has 0 N–H and O–H groups in total. The molecule has 0 aliphatic carbocycles. The number of carbonyl (C=O) groups excluding carboxylic acids is 1. The van der Waals surface area contributed by atoms with Gasteiger partial charge in [0.2, 0.25) is 11.1 Å². The molecule has 1 aromatic rings. The van der Waals surface area contributed by atoms with Gasteiger partial charge in [0.25, 0.3) is 0 Å². The monoisotopic (exact) mass is 323 g/mol. The fourth-order valence-electron chi connectivity index (χ4n) is 2.29. The quantitative estimate of drug-likeness (QED) is 0.355. The van der Waals surface area contributed by atoms with Crippen molar-refractivity contribution < 1.29 is 22.7 Å². The largest absolute Gasteiger partial charge is 0.555 e. The van der Waals surface area contributed by atoms with Gasteiger partial charge < -0.3 is 14.5 Å². The molecule has 118 valence electrons. The van der Waals surface area contributed by atoms with E-state index >= 15 is 0 Å². The van der Waals surface area contributed by atoms with Crippen LogP contribution in [0.4, 0.5) is 0 Å². The van der Waals surface area contributed by atoms with Crippen molar-refractivity contribution in [2.24, 2.45) is 0 Å². The highest BCUT2D eigenvalue weighted by Crippen LogP contribution is 2.27. The summed E-state index contributed by atoms with van der Waals surface area (Å²) in [5, 5.41) is 0. The van der Waals surface area contributed by atoms with Gasteiger partial charge in [0, 0.05) is 0 Å². The van der Waals surface area contributed by atoms with E-state index in [1.807, 2.05) is 0 Å². The molecule has 2 atom stereocenters. The number of rotatable bonds is 2. The first-order valence-electron chi connectivity index (χ1n) is 6.71. The maximum Gasteiger partial charge on any atom is 0.555 e. The molecular formula is C14H17N3O4S. The van der Waals surface area contributed by atoms with Gasteiger partial charge in [0.15, 0.2) is 0 Å². The van der Waals surface area contributed by atoms with Gasteiger partial charge >= 0.3 is 11.8 Å². The smallest absolute Gasteiger partial charge is 0.357 e. The second kappa shape index (κ2) is 6.39. The molecule has 1 aromatic carbocycles. The van der Waals surface area contributed by atoms with Crippen molar-refractivity contribution in [3.63, 3.8) is 0 Å². The summed E-state index contributed by atoms with van der Waals surface area (Å²) in [6.45, 7) is 5.60. The van der Waals surface area contributed by atoms with Crippen LogP contribution in [0.25, 0.3) is 5.53 Å². The molecule has 1 saturated heterocycles. The summed E-state index contributed by atoms with van der Waals surface area (Å²) in [7, 11) is 0. The molecule has 0 saturated carbocycles. The first-order valence-corrected chi connectivity index (χ1v) is 7.79. The Morgan fingerprint density at radius 1 is 1.45 bits per heavy atom. The third-order valence-corrected chi connectivity index (χ3v) is 4.25. The minimum atomic E-state index is -1.95. The number of hydrogen-bond acceptors (Lipinski definition) is 4. The maximum absolute atomic E-state index is 12.5. The van der Waals surface area contributed by atoms with Crippen LogP contribution in [0, 0.1) is 0 Å². The van der Waals surface area contributed by atoms with Crippen molar-refractivity contribution in [3.05, 3.63) is 35.9 Å². The summed E-state index contributed by atoms with van der Waals surface area (Å²) in [5.74, 6) is -1.31. The second-order valence-electron chi connectivity index (χ2n) is 5.32. The third-order valence-electron chi connectivity index (χ3n) is 3.28. The van der Waals surface area contributed by atoms with E-state index in [0.717, 1.165) is 0 Å². The van der Waals surface area contributed by atoms with Crippen LogP contribution in [0.2, 0.25) is 0 Å². The Morgan fingerprint density at radius 3 is 2.59 bits per heavy atom. The van der Waals surface area contributed by atoms with E-state index in [0.29, 0.717) is 11.5 Å². The first kappa shape index (κ1) is 16.4. The lowest BCUT2D eigenvalue weighted by molar-refractivity contribution is -0.145. The van der Waals surface area contributed by atoms with Gasteiger partial charge in [0.1, 0.15) is 5.72 Å². The van der Waals surface area contributed by atoms with Gasteiger partial charge in [-0.15, -0.1) is 4.79 Å². The van der Waals surface area contributed by atoms with Crippen molar-refractivity contribution in [1.82, 2.24) is 4.90 Å². The van der Waals surface area contributed by atoms with E-state index in [-0.39, 0.29) is 6.04 Å². The molecule has 1 aliphatic rings. The van der Waals surface area contributed by atoms with E-state index < -0.39 is 28.6 Å². The van der Waals surface area contributed by atoms with Gasteiger partial charge in [-0.05, 0) is 32.9 Å². The Labute approximate surface area is 131 Å². The molecule has 1 amide bonds. The molecule has 0 bridgehead atoms. The zero-order valence-electron chi connectivity index (χ0n) is 12.6. The van der Waals surface area contributed by atoms with E-state index in [1.54, 1.807) is 51.1 Å². The SMILES string of the molecule is CC1COC(C)(C)N1C(=O)C(=[N+]=[N-])OS(=O)c1ccccc1. The molecule has 0 aromatic heterocycles. The number of carbonyl (C=O) groups is 1. The standard InChI is InChI=1S/C14H17N3O4S/c1-10-9-20-14(2,3)17(10)13(18)12(16-15)21-22(19)11-7-5-4-6-8-11/h4-8,10H,9H2,1-3H3. The highest BCUT2D eigenvalue weighted by Gasteiger charge is 2.47. The van der Waals surface area contributed by atoms with Crippen molar-refractivity contribution in [2.75, 3.05) is 6.61 Å². The lowest BCUT2D eigenvalue weighted by Crippen LogP contribution is -2.50. The molecule has 1 heterocycles. The third kappa shape index (κ3) is 3.24. The Morgan fingerprint density at radius 2 is 2.09 bits per heavy atom. The van der Waals surface area contributed by atoms with Gasteiger partial charge in [-0.3, -0.25) is 9.69 Å². The van der Waals surface area contributed by atoms with Crippen LogP contribution in [0.3, 0.4) is 0 Å². The van der Waals surface area contributed by atoms with E-state index in [4.69, 9.17) is 14.5 Å². The van der Waals surface area contributed by atoms with Crippen molar-refractivity contribution in [1.29, 1.82) is 0 Å². The molecule has 2 unspecified atom stereocenters. The Bertz CT molecular complexity index is 641. The first-order chi connectivity index (χ1) is 10.4. The summed E-state index contributed by atoms with van der Waals surface area (Å²) in [6.07, 6.45) is 0. The number of ether oxygens (including phenoxy) is 1. The van der Waals surface area contributed by atoms with E-state index in [1.165, 1.54) is 4.90 Å². The average Bonchev–Trinajstić information content (AvgIpc) is 2.78. The summed E-state index contributed by atoms with van der Waals surface area (Å²) in [5.41, 5.74) is 8.19. The molecule has 1 fully saturated rings. The fraction of sp³-hybridized carbons (Fsp3) is 0.429. The summed E-state index contributed by atoms with van der Waals surface area (Å²) in [6, 6.07) is 8.09. The Hall–Kier alpha value is -2.02. The fourth-order valence-corrected chi connectivity index (χ4v) is 3.02. The average molecular weight is 323 g/mol. The van der Waals surface area contributed by atoms with E-state index in [2.05, 4.69) is 4.79 Å². The zero-order chi connectivity index (χ0) is 16.3. The van der Waals surface area contributed by atoms with Gasteiger partial charge in [0.05, 0.1) is 17.5 Å². The molecule has 8 heteroatoms. The minimum Gasteiger partial charge on any atom is -0.357 e. The van der Waals surface area contributed by atoms with Gasteiger partial charge in [-0.2, -0.15) is 0 Å². The number of amides is 1. The highest BCUT2D eigenvalue weighted by atomic mass is 32.2. The predicted octanol–water partition coefficient (Wildman–Crippen LogP) is 1.34. The van der Waals surface area contributed by atoms with Crippen LogP contribution >= 0.6 is 0 Å². The lowest BCUT2D eigenvalue weighted by Gasteiger charge is -2.30. The number of hydrogen-bond donors (Lipinski definition) is 0. The van der Waals surface area contributed by atoms with Crippen LogP contribution in [0.1, 0.15) is 20.8 Å². The normalized spacial score (nSPS) is 21.0. The van der Waals surface area contributed by atoms with Crippen LogP contribution in [0.5, 0.6) is 0 Å². The number of benzene rings is 1. The van der Waals surface area contributed by atoms with Gasteiger partial charge in [-0.25, -0.2) is 4.21 Å². The molecule has 22 heavy (non-hydrogen) atoms. The van der Waals surface area contributed by atoms with Crippen molar-refractivity contribution in [2.45, 2.75) is 37.4 Å². The molecule has 0 spiro atoms. The molecular weight excluding hydrogens is 306 g/mol. The van der Waals surface area contributed by atoms with E-state index in [9.17, 15) is 9.00 Å². The molecule has 2 rings (SSSR count). The van der Waals surface area contributed by atoms with Crippen molar-refractivity contribution >= 4 is 22.9 Å². The zero-order valence-corrected chi connectivity index (χ0v) is 13.4. The van der Waals surface area contributed by atoms with Crippen LogP contribution in [-0.4, -0.2) is 44.1 Å². The Balaban J connectivity index is 2.17. The Kier molecular flexibility index (Phi) is 4.75. The van der Waals surface area contributed by atoms with Crippen LogP contribution < -0.4 is 0 Å². The van der Waals surface area contributed by atoms with Crippen LogP contribution in [-0.2, 0) is 24.8 Å². The van der Waals surface area contributed by atoms with Crippen molar-refractivity contribution in [3.8, 4) is 0 Å². The summed E-state index contributed by atoms with van der Waals surface area (Å²) < 4.78 is 22.6. The number of nitrogens with zero attached hydrogens (tertiary/aromatic N) is 3. The lowest BCUT2D eigenvalue weighted by atomic mass is 10.2. The molecule has 1 aliphatic heterocycles. The minimum absolute atomic E-state index is 0.215. The van der Waals surface area contributed by atoms with Gasteiger partial charge in [-0.1, -0.05) is 18.2 Å². The summed E-state index contributed by atoms with van der Waals surface area (Å²) >= 11 is -1.95. The molecule has 0 radical (unpaired) electrons. The topological polar surface area (TPSA) is 92.2 Å². The van der Waals surface area contributed by atoms with Crippen LogP contribution in [0.15, 0.2) is 35.2 Å². The highest BCUT2D eigenvalue weighted by molar-refractivity contribution is 7.80. The molecule has 7 nitrogen and oxygen atoms in total.